The van der Waals surface area contributed by atoms with Gasteiger partial charge >= 0.3 is 6.09 Å². The van der Waals surface area contributed by atoms with Gasteiger partial charge in [0.15, 0.2) is 11.6 Å². The molecular formula is C42H59N3O7. The number of likely N-dealkylation sites (tertiary alicyclic amines) is 1. The molecule has 1 saturated heterocycles. The van der Waals surface area contributed by atoms with E-state index in [-0.39, 0.29) is 67.0 Å². The lowest BCUT2D eigenvalue weighted by Gasteiger charge is -2.30. The number of carbonyl (C=O) groups excluding carboxylic acids is 6. The third-order valence-corrected chi connectivity index (χ3v) is 9.93. The molecule has 0 saturated carbocycles. The molecule has 2 N–H and O–H groups in total. The summed E-state index contributed by atoms with van der Waals surface area (Å²) in [6, 6.07) is 17.5. The van der Waals surface area contributed by atoms with E-state index >= 15 is 0 Å². The van der Waals surface area contributed by atoms with Gasteiger partial charge in [0.2, 0.25) is 11.8 Å². The van der Waals surface area contributed by atoms with Crippen molar-refractivity contribution in [2.75, 3.05) is 13.1 Å². The van der Waals surface area contributed by atoms with Gasteiger partial charge in [-0.15, -0.1) is 0 Å². The van der Waals surface area contributed by atoms with Crippen molar-refractivity contribution >= 4 is 35.3 Å². The van der Waals surface area contributed by atoms with Gasteiger partial charge < -0.3 is 20.3 Å². The Morgan fingerprint density at radius 2 is 1.50 bits per heavy atom. The van der Waals surface area contributed by atoms with Crippen LogP contribution in [0.3, 0.4) is 0 Å². The van der Waals surface area contributed by atoms with E-state index in [0.717, 1.165) is 17.5 Å². The Morgan fingerprint density at radius 1 is 0.865 bits per heavy atom. The zero-order chi connectivity index (χ0) is 38.2. The molecular weight excluding hydrogens is 658 g/mol. The molecule has 3 rings (SSSR count). The number of benzene rings is 2. The van der Waals surface area contributed by atoms with E-state index in [1.807, 2.05) is 81.4 Å². The quantitative estimate of drug-likeness (QED) is 0.141. The minimum atomic E-state index is -0.773. The Labute approximate surface area is 309 Å². The molecule has 0 aromatic heterocycles. The molecule has 284 valence electrons. The molecule has 0 unspecified atom stereocenters. The molecule has 2 aromatic carbocycles. The summed E-state index contributed by atoms with van der Waals surface area (Å²) in [6.45, 7) is 12.0. The van der Waals surface area contributed by atoms with Crippen LogP contribution < -0.4 is 10.6 Å². The second-order valence-electron chi connectivity index (χ2n) is 15.1. The molecule has 1 aliphatic heterocycles. The summed E-state index contributed by atoms with van der Waals surface area (Å²) in [5, 5.41) is 5.53. The summed E-state index contributed by atoms with van der Waals surface area (Å²) < 4.78 is 5.23. The van der Waals surface area contributed by atoms with Gasteiger partial charge in [-0.25, -0.2) is 4.79 Å². The van der Waals surface area contributed by atoms with Gasteiger partial charge in [-0.1, -0.05) is 95.3 Å². The molecule has 52 heavy (non-hydrogen) atoms. The molecule has 0 radical (unpaired) electrons. The number of alkyl carbamates (subject to hydrolysis) is 1. The van der Waals surface area contributed by atoms with Crippen molar-refractivity contribution in [3.05, 3.63) is 71.8 Å². The monoisotopic (exact) mass is 717 g/mol. The number of Topliss-reactive ketones (excluding diaryl/α,β-unsaturated/α-hetero) is 3. The van der Waals surface area contributed by atoms with Gasteiger partial charge in [-0.3, -0.25) is 24.0 Å². The minimum Gasteiger partial charge on any atom is -0.445 e. The summed E-state index contributed by atoms with van der Waals surface area (Å²) >= 11 is 0. The first-order valence-corrected chi connectivity index (χ1v) is 18.9. The molecule has 1 aliphatic rings. The second-order valence-corrected chi connectivity index (χ2v) is 15.1. The Kier molecular flexibility index (Phi) is 17.2. The molecule has 0 spiro atoms. The van der Waals surface area contributed by atoms with E-state index in [1.165, 1.54) is 6.92 Å². The highest BCUT2D eigenvalue weighted by atomic mass is 16.5. The van der Waals surface area contributed by atoms with Crippen LogP contribution in [0.5, 0.6) is 0 Å². The number of hydrogen-bond donors (Lipinski definition) is 2. The van der Waals surface area contributed by atoms with Gasteiger partial charge in [0.05, 0.1) is 12.1 Å². The van der Waals surface area contributed by atoms with Crippen LogP contribution in [-0.2, 0) is 41.7 Å². The van der Waals surface area contributed by atoms with Crippen LogP contribution in [0.25, 0.3) is 0 Å². The van der Waals surface area contributed by atoms with Crippen molar-refractivity contribution in [3.63, 3.8) is 0 Å². The molecule has 3 amide bonds. The van der Waals surface area contributed by atoms with Gasteiger partial charge in [-0.05, 0) is 68.4 Å². The number of amides is 3. The Morgan fingerprint density at radius 3 is 2.10 bits per heavy atom. The van der Waals surface area contributed by atoms with Gasteiger partial charge in [-0.2, -0.15) is 0 Å². The number of nitrogens with zero attached hydrogens (tertiary/aromatic N) is 1. The highest BCUT2D eigenvalue weighted by Crippen LogP contribution is 2.28. The molecule has 5 atom stereocenters. The molecule has 1 fully saturated rings. The normalized spacial score (nSPS) is 16.5. The number of ether oxygens (including phenoxy) is 1. The molecule has 10 nitrogen and oxygen atoms in total. The maximum atomic E-state index is 14.2. The lowest BCUT2D eigenvalue weighted by atomic mass is 9.85. The Hall–Kier alpha value is -4.34. The maximum Gasteiger partial charge on any atom is 0.407 e. The summed E-state index contributed by atoms with van der Waals surface area (Å²) in [6.07, 6.45) is 2.55. The largest absolute Gasteiger partial charge is 0.445 e. The van der Waals surface area contributed by atoms with E-state index in [4.69, 9.17) is 4.74 Å². The summed E-state index contributed by atoms with van der Waals surface area (Å²) in [7, 11) is 0. The van der Waals surface area contributed by atoms with E-state index < -0.39 is 30.0 Å². The third kappa shape index (κ3) is 13.7. The Balaban J connectivity index is 1.60. The van der Waals surface area contributed by atoms with Crippen molar-refractivity contribution < 1.29 is 33.5 Å². The maximum absolute atomic E-state index is 14.2. The number of ketones is 3. The fourth-order valence-corrected chi connectivity index (χ4v) is 6.94. The van der Waals surface area contributed by atoms with Crippen LogP contribution in [0.2, 0.25) is 0 Å². The number of carbonyl (C=O) groups is 6. The first kappa shape index (κ1) is 42.1. The topological polar surface area (TPSA) is 139 Å². The minimum absolute atomic E-state index is 0.0559. The summed E-state index contributed by atoms with van der Waals surface area (Å²) in [5.41, 5.74) is 1.83. The number of hydrogen-bond acceptors (Lipinski definition) is 7. The summed E-state index contributed by atoms with van der Waals surface area (Å²) in [5.74, 6) is -2.21. The molecule has 2 aromatic rings. The van der Waals surface area contributed by atoms with Crippen LogP contribution in [0, 0.1) is 29.6 Å². The fourth-order valence-electron chi connectivity index (χ4n) is 6.94. The van der Waals surface area contributed by atoms with E-state index in [0.29, 0.717) is 44.6 Å². The van der Waals surface area contributed by atoms with Gasteiger partial charge in [0, 0.05) is 43.7 Å². The highest BCUT2D eigenvalue weighted by Gasteiger charge is 2.40. The van der Waals surface area contributed by atoms with Crippen molar-refractivity contribution in [2.45, 2.75) is 112 Å². The predicted molar refractivity (Wildman–Crippen MR) is 201 cm³/mol. The lowest BCUT2D eigenvalue weighted by Crippen LogP contribution is -2.48. The predicted octanol–water partition coefficient (Wildman–Crippen LogP) is 6.49. The Bertz CT molecular complexity index is 1480. The lowest BCUT2D eigenvalue weighted by molar-refractivity contribution is -0.143. The van der Waals surface area contributed by atoms with Crippen molar-refractivity contribution in [2.24, 2.45) is 29.6 Å². The van der Waals surface area contributed by atoms with E-state index in [9.17, 15) is 28.8 Å². The van der Waals surface area contributed by atoms with Gasteiger partial charge in [0.1, 0.15) is 12.4 Å². The van der Waals surface area contributed by atoms with Crippen LogP contribution in [0.4, 0.5) is 4.79 Å². The van der Waals surface area contributed by atoms with Crippen molar-refractivity contribution in [1.82, 2.24) is 15.5 Å². The zero-order valence-electron chi connectivity index (χ0n) is 31.9. The average molecular weight is 718 g/mol. The average Bonchev–Trinajstić information content (AvgIpc) is 3.61. The molecule has 0 bridgehead atoms. The van der Waals surface area contributed by atoms with Crippen LogP contribution in [0.15, 0.2) is 60.7 Å². The van der Waals surface area contributed by atoms with Gasteiger partial charge in [0.25, 0.3) is 0 Å². The smallest absolute Gasteiger partial charge is 0.407 e. The first-order chi connectivity index (χ1) is 24.8. The van der Waals surface area contributed by atoms with Crippen LogP contribution in [0.1, 0.15) is 97.6 Å². The second kappa shape index (κ2) is 21.2. The highest BCUT2D eigenvalue weighted by molar-refractivity contribution is 5.95. The van der Waals surface area contributed by atoms with Crippen LogP contribution >= 0.6 is 0 Å². The fraction of sp³-hybridized carbons (Fsp3) is 0.571. The van der Waals surface area contributed by atoms with Crippen molar-refractivity contribution in [3.8, 4) is 0 Å². The molecule has 0 aliphatic carbocycles. The van der Waals surface area contributed by atoms with E-state index in [1.54, 1.807) is 4.90 Å². The van der Waals surface area contributed by atoms with E-state index in [2.05, 4.69) is 24.5 Å². The summed E-state index contributed by atoms with van der Waals surface area (Å²) in [4.78, 5) is 81.2. The third-order valence-electron chi connectivity index (χ3n) is 9.93. The first-order valence-electron chi connectivity index (χ1n) is 18.9. The van der Waals surface area contributed by atoms with Crippen molar-refractivity contribution in [1.29, 1.82) is 0 Å². The molecule has 10 heteroatoms. The van der Waals surface area contributed by atoms with Crippen LogP contribution in [-0.4, -0.2) is 65.3 Å². The number of rotatable bonds is 21. The SMILES string of the molecule is CC(=O)[C@H](CCCNC(=O)OCc1ccccc1)NC(=O)[C@@H](CC(=O)[C@@H]1CCCN1C(=O)[C@H](CC(=O)[C@@H](C)CC(C)C)Cc1ccccc1)C(C)C. The molecule has 1 heterocycles. The standard InChI is InChI=1S/C42H59N3O7/c1-28(2)23-30(5)38(47)25-34(24-32-15-9-7-10-16-32)41(50)45-22-14-20-37(45)39(48)26-35(29(3)4)40(49)44-36(31(6)46)19-13-21-43-42(51)52-27-33-17-11-8-12-18-33/h7-12,15-18,28-30,34-37H,13-14,19-27H2,1-6H3,(H,43,51)(H,44,49)/t30-,34-,35-,36-,37-/m0/s1. The zero-order valence-corrected chi connectivity index (χ0v) is 31.9. The number of nitrogens with one attached hydrogen (secondary N) is 2.